The van der Waals surface area contributed by atoms with E-state index in [0.717, 1.165) is 17.3 Å². The highest BCUT2D eigenvalue weighted by Crippen LogP contribution is 2.25. The van der Waals surface area contributed by atoms with Crippen molar-refractivity contribution in [3.63, 3.8) is 0 Å². The van der Waals surface area contributed by atoms with Crippen LogP contribution < -0.4 is 15.4 Å². The first-order chi connectivity index (χ1) is 15.1. The van der Waals surface area contributed by atoms with Crippen LogP contribution in [-0.4, -0.2) is 25.0 Å². The van der Waals surface area contributed by atoms with Crippen molar-refractivity contribution in [3.8, 4) is 5.75 Å². The maximum atomic E-state index is 13.0. The van der Waals surface area contributed by atoms with Crippen molar-refractivity contribution in [2.45, 2.75) is 19.8 Å². The zero-order chi connectivity index (χ0) is 22.1. The number of hydrogen-bond donors (Lipinski definition) is 2. The third-order valence-corrected chi connectivity index (χ3v) is 5.09. The van der Waals surface area contributed by atoms with E-state index in [-0.39, 0.29) is 11.8 Å². The van der Waals surface area contributed by atoms with Gasteiger partial charge in [0.2, 0.25) is 0 Å². The number of carbonyl (C=O) groups is 2. The van der Waals surface area contributed by atoms with Crippen LogP contribution in [-0.2, 0) is 6.42 Å². The molecule has 31 heavy (non-hydrogen) atoms. The summed E-state index contributed by atoms with van der Waals surface area (Å²) in [7, 11) is 0. The van der Waals surface area contributed by atoms with Crippen molar-refractivity contribution >= 4 is 33.4 Å². The summed E-state index contributed by atoms with van der Waals surface area (Å²) in [6, 6.07) is 22.3. The van der Waals surface area contributed by atoms with Crippen LogP contribution >= 0.6 is 15.9 Å². The molecule has 0 aliphatic carbocycles. The number of anilines is 1. The lowest BCUT2D eigenvalue weighted by molar-refractivity contribution is 0.0952. The third-order valence-electron chi connectivity index (χ3n) is 4.60. The van der Waals surface area contributed by atoms with Gasteiger partial charge in [0.05, 0.1) is 12.2 Å². The van der Waals surface area contributed by atoms with Crippen molar-refractivity contribution < 1.29 is 14.3 Å². The van der Waals surface area contributed by atoms with E-state index in [2.05, 4.69) is 26.6 Å². The molecule has 0 fully saturated rings. The van der Waals surface area contributed by atoms with Crippen molar-refractivity contribution in [1.82, 2.24) is 5.32 Å². The van der Waals surface area contributed by atoms with E-state index in [1.54, 1.807) is 36.4 Å². The molecule has 2 amide bonds. The second-order valence-electron chi connectivity index (χ2n) is 7.02. The van der Waals surface area contributed by atoms with Gasteiger partial charge in [0.25, 0.3) is 11.8 Å². The lowest BCUT2D eigenvalue weighted by atomic mass is 10.1. The molecule has 0 saturated carbocycles. The lowest BCUT2D eigenvalue weighted by Gasteiger charge is -2.13. The Morgan fingerprint density at radius 3 is 2.52 bits per heavy atom. The molecular formula is C25H25BrN2O3. The van der Waals surface area contributed by atoms with E-state index in [1.165, 1.54) is 5.56 Å². The van der Waals surface area contributed by atoms with Crippen LogP contribution in [0, 0.1) is 0 Å². The highest BCUT2D eigenvalue weighted by atomic mass is 79.9. The Morgan fingerprint density at radius 2 is 1.74 bits per heavy atom. The topological polar surface area (TPSA) is 67.4 Å². The number of benzene rings is 3. The quantitative estimate of drug-likeness (QED) is 0.427. The van der Waals surface area contributed by atoms with Gasteiger partial charge in [0.15, 0.2) is 0 Å². The minimum atomic E-state index is -0.304. The first kappa shape index (κ1) is 22.6. The highest BCUT2D eigenvalue weighted by molar-refractivity contribution is 9.10. The number of nitrogens with one attached hydrogen (secondary N) is 2. The van der Waals surface area contributed by atoms with Crippen LogP contribution in [0.2, 0.25) is 0 Å². The molecule has 3 aromatic carbocycles. The molecule has 0 bridgehead atoms. The molecule has 160 valence electrons. The number of rotatable bonds is 9. The predicted octanol–water partition coefficient (Wildman–Crippen LogP) is 5.46. The molecule has 0 aliphatic heterocycles. The molecule has 2 N–H and O–H groups in total. The summed E-state index contributed by atoms with van der Waals surface area (Å²) in [5, 5.41) is 5.70. The van der Waals surface area contributed by atoms with E-state index in [4.69, 9.17) is 4.74 Å². The summed E-state index contributed by atoms with van der Waals surface area (Å²) in [6.07, 6.45) is 1.60. The minimum Gasteiger partial charge on any atom is -0.492 e. The molecule has 3 rings (SSSR count). The largest absolute Gasteiger partial charge is 0.492 e. The average Bonchev–Trinajstić information content (AvgIpc) is 2.79. The maximum absolute atomic E-state index is 13.0. The number of amides is 2. The predicted molar refractivity (Wildman–Crippen MR) is 127 cm³/mol. The first-order valence-electron chi connectivity index (χ1n) is 10.2. The SMILES string of the molecule is CCCNC(=O)c1cccc(NC(=O)c2cc(Br)ccc2OCCc2ccccc2)c1. The van der Waals surface area contributed by atoms with E-state index in [0.29, 0.717) is 35.7 Å². The summed E-state index contributed by atoms with van der Waals surface area (Å²) in [5.74, 6) is 0.0425. The van der Waals surface area contributed by atoms with Gasteiger partial charge in [-0.1, -0.05) is 59.3 Å². The summed E-state index contributed by atoms with van der Waals surface area (Å²) >= 11 is 3.42. The number of carbonyl (C=O) groups excluding carboxylic acids is 2. The summed E-state index contributed by atoms with van der Waals surface area (Å²) in [4.78, 5) is 25.2. The molecule has 0 radical (unpaired) electrons. The van der Waals surface area contributed by atoms with Crippen LogP contribution in [0.5, 0.6) is 5.75 Å². The summed E-state index contributed by atoms with van der Waals surface area (Å²) < 4.78 is 6.69. The number of ether oxygens (including phenoxy) is 1. The Morgan fingerprint density at radius 1 is 0.935 bits per heavy atom. The summed E-state index contributed by atoms with van der Waals surface area (Å²) in [5.41, 5.74) is 2.64. The van der Waals surface area contributed by atoms with Crippen LogP contribution in [0.25, 0.3) is 0 Å². The van der Waals surface area contributed by atoms with Crippen LogP contribution in [0.3, 0.4) is 0 Å². The molecule has 0 aliphatic rings. The monoisotopic (exact) mass is 480 g/mol. The van der Waals surface area contributed by atoms with Gasteiger partial charge in [0, 0.05) is 28.7 Å². The Labute approximate surface area is 191 Å². The van der Waals surface area contributed by atoms with Crippen molar-refractivity contribution in [2.24, 2.45) is 0 Å². The maximum Gasteiger partial charge on any atom is 0.259 e. The average molecular weight is 481 g/mol. The molecule has 0 atom stereocenters. The smallest absolute Gasteiger partial charge is 0.259 e. The Bertz CT molecular complexity index is 1040. The van der Waals surface area contributed by atoms with E-state index >= 15 is 0 Å². The van der Waals surface area contributed by atoms with Gasteiger partial charge in [0.1, 0.15) is 5.75 Å². The molecular weight excluding hydrogens is 456 g/mol. The second-order valence-corrected chi connectivity index (χ2v) is 7.93. The zero-order valence-corrected chi connectivity index (χ0v) is 18.9. The molecule has 3 aromatic rings. The minimum absolute atomic E-state index is 0.162. The molecule has 0 saturated heterocycles. The molecule has 0 heterocycles. The fourth-order valence-corrected chi connectivity index (χ4v) is 3.37. The van der Waals surface area contributed by atoms with E-state index < -0.39 is 0 Å². The number of hydrogen-bond acceptors (Lipinski definition) is 3. The van der Waals surface area contributed by atoms with Gasteiger partial charge in [-0.15, -0.1) is 0 Å². The van der Waals surface area contributed by atoms with Crippen molar-refractivity contribution in [1.29, 1.82) is 0 Å². The van der Waals surface area contributed by atoms with Gasteiger partial charge in [-0.05, 0) is 48.4 Å². The fourth-order valence-electron chi connectivity index (χ4n) is 3.01. The third kappa shape index (κ3) is 6.69. The normalized spacial score (nSPS) is 10.4. The lowest BCUT2D eigenvalue weighted by Crippen LogP contribution is -2.24. The molecule has 6 heteroatoms. The van der Waals surface area contributed by atoms with Gasteiger partial charge in [-0.25, -0.2) is 0 Å². The van der Waals surface area contributed by atoms with Crippen molar-refractivity contribution in [2.75, 3.05) is 18.5 Å². The Balaban J connectivity index is 1.69. The molecule has 0 spiro atoms. The summed E-state index contributed by atoms with van der Waals surface area (Å²) in [6.45, 7) is 3.06. The van der Waals surface area contributed by atoms with Gasteiger partial charge in [-0.2, -0.15) is 0 Å². The van der Waals surface area contributed by atoms with Crippen molar-refractivity contribution in [3.05, 3.63) is 94.0 Å². The highest BCUT2D eigenvalue weighted by Gasteiger charge is 2.15. The van der Waals surface area contributed by atoms with E-state index in [1.807, 2.05) is 43.3 Å². The van der Waals surface area contributed by atoms with Gasteiger partial charge < -0.3 is 15.4 Å². The second kappa shape index (κ2) is 11.3. The fraction of sp³-hybridized carbons (Fsp3) is 0.200. The Hall–Kier alpha value is -3.12. The zero-order valence-electron chi connectivity index (χ0n) is 17.4. The first-order valence-corrected chi connectivity index (χ1v) is 11.0. The van der Waals surface area contributed by atoms with Gasteiger partial charge >= 0.3 is 0 Å². The molecule has 5 nitrogen and oxygen atoms in total. The standard InChI is InChI=1S/C25H25BrN2O3/c1-2-14-27-24(29)19-9-6-10-21(16-19)28-25(30)22-17-20(26)11-12-23(22)31-15-13-18-7-4-3-5-8-18/h3-12,16-17H,2,13-15H2,1H3,(H,27,29)(H,28,30). The molecule has 0 unspecified atom stereocenters. The number of halogens is 1. The van der Waals surface area contributed by atoms with Crippen LogP contribution in [0.15, 0.2) is 77.3 Å². The Kier molecular flexibility index (Phi) is 8.24. The van der Waals surface area contributed by atoms with Crippen LogP contribution in [0.4, 0.5) is 5.69 Å². The molecule has 0 aromatic heterocycles. The van der Waals surface area contributed by atoms with Crippen LogP contribution in [0.1, 0.15) is 39.6 Å². The van der Waals surface area contributed by atoms with E-state index in [9.17, 15) is 9.59 Å². The van der Waals surface area contributed by atoms with Gasteiger partial charge in [-0.3, -0.25) is 9.59 Å².